The van der Waals surface area contributed by atoms with Crippen molar-refractivity contribution >= 4 is 51.0 Å². The summed E-state index contributed by atoms with van der Waals surface area (Å²) in [4.78, 5) is 19.2. The van der Waals surface area contributed by atoms with Gasteiger partial charge in [-0.2, -0.15) is 16.8 Å². The Morgan fingerprint density at radius 2 is 1.97 bits per heavy atom. The molecule has 0 spiro atoms. The Morgan fingerprint density at radius 1 is 1.21 bits per heavy atom. The molecule has 0 aliphatic carbocycles. The first kappa shape index (κ1) is 20.4. The number of aromatic nitrogens is 1. The maximum Gasteiger partial charge on any atom is 0.280 e. The van der Waals surface area contributed by atoms with Crippen molar-refractivity contribution in [2.75, 3.05) is 31.0 Å². The van der Waals surface area contributed by atoms with Crippen LogP contribution in [0.15, 0.2) is 46.3 Å². The number of carbonyl (C=O) groups is 1. The molecule has 4 rings (SSSR count). The van der Waals surface area contributed by atoms with Crippen LogP contribution < -0.4 is 14.3 Å². The second kappa shape index (κ2) is 9.28. The molecule has 1 aliphatic heterocycles. The van der Waals surface area contributed by atoms with Crippen LogP contribution in [0, 0.1) is 0 Å². The fourth-order valence-electron chi connectivity index (χ4n) is 3.16. The van der Waals surface area contributed by atoms with E-state index in [9.17, 15) is 4.79 Å². The van der Waals surface area contributed by atoms with Gasteiger partial charge < -0.3 is 14.0 Å². The van der Waals surface area contributed by atoms with Crippen LogP contribution in [0.4, 0.5) is 0 Å². The minimum Gasteiger partial charge on any atom is -0.486 e. The van der Waals surface area contributed by atoms with Gasteiger partial charge in [0, 0.05) is 29.3 Å². The Hall–Kier alpha value is -1.90. The van der Waals surface area contributed by atoms with E-state index in [1.165, 1.54) is 11.3 Å². The highest BCUT2D eigenvalue weighted by Gasteiger charge is 2.17. The molecule has 3 aromatic rings. The fourth-order valence-corrected chi connectivity index (χ4v) is 5.39. The molecule has 0 saturated carbocycles. The molecule has 1 aliphatic rings. The largest absolute Gasteiger partial charge is 0.486 e. The molecular weight excluding hydrogens is 424 g/mol. The number of nitrogens with zero attached hydrogens (tertiary/aromatic N) is 2. The van der Waals surface area contributed by atoms with Gasteiger partial charge in [0.2, 0.25) is 0 Å². The van der Waals surface area contributed by atoms with E-state index >= 15 is 0 Å². The number of rotatable bonds is 6. The van der Waals surface area contributed by atoms with Crippen LogP contribution in [-0.2, 0) is 6.54 Å². The highest BCUT2D eigenvalue weighted by molar-refractivity contribution is 7.99. The number of thiazole rings is 1. The lowest BCUT2D eigenvalue weighted by Gasteiger charge is -2.18. The lowest BCUT2D eigenvalue weighted by atomic mass is 10.2. The van der Waals surface area contributed by atoms with Crippen LogP contribution in [0.2, 0.25) is 0 Å². The normalized spacial score (nSPS) is 13.8. The third-order valence-electron chi connectivity index (χ3n) is 4.48. The van der Waals surface area contributed by atoms with Crippen LogP contribution in [0.5, 0.6) is 11.5 Å². The summed E-state index contributed by atoms with van der Waals surface area (Å²) < 4.78 is 14.6. The van der Waals surface area contributed by atoms with E-state index in [0.29, 0.717) is 23.6 Å². The molecule has 0 unspecified atom stereocenters. The summed E-state index contributed by atoms with van der Waals surface area (Å²) >= 11 is 4.94. The monoisotopic (exact) mass is 446 g/mol. The molecule has 29 heavy (non-hydrogen) atoms. The molecule has 0 radical (unpaired) electrons. The molecule has 0 bridgehead atoms. The highest BCUT2D eigenvalue weighted by atomic mass is 32.2. The number of benzene rings is 2. The smallest absolute Gasteiger partial charge is 0.280 e. The molecule has 2 aromatic carbocycles. The number of aryl methyl sites for hydroxylation is 1. The average Bonchev–Trinajstić information content (AvgIpc) is 3.06. The van der Waals surface area contributed by atoms with Crippen molar-refractivity contribution in [1.82, 2.24) is 4.57 Å². The van der Waals surface area contributed by atoms with Crippen molar-refractivity contribution < 1.29 is 14.3 Å². The van der Waals surface area contributed by atoms with E-state index in [1.807, 2.05) is 36.4 Å². The maximum atomic E-state index is 13.0. The molecule has 0 saturated heterocycles. The van der Waals surface area contributed by atoms with Gasteiger partial charge in [0.05, 0.1) is 15.8 Å². The zero-order valence-electron chi connectivity index (χ0n) is 16.3. The number of hydrogen-bond acceptors (Lipinski definition) is 6. The Labute approximate surface area is 182 Å². The van der Waals surface area contributed by atoms with Crippen LogP contribution in [0.25, 0.3) is 10.2 Å². The van der Waals surface area contributed by atoms with Crippen LogP contribution in [0.3, 0.4) is 0 Å². The van der Waals surface area contributed by atoms with Crippen molar-refractivity contribution in [1.29, 1.82) is 0 Å². The molecule has 0 N–H and O–H groups in total. The van der Waals surface area contributed by atoms with Gasteiger partial charge in [-0.3, -0.25) is 4.79 Å². The fraction of sp³-hybridized carbons (Fsp3) is 0.333. The van der Waals surface area contributed by atoms with Gasteiger partial charge in [-0.15, -0.1) is 11.8 Å². The Balaban J connectivity index is 1.82. The highest BCUT2D eigenvalue weighted by Crippen LogP contribution is 2.35. The van der Waals surface area contributed by atoms with Crippen molar-refractivity contribution in [3.05, 3.63) is 46.8 Å². The molecule has 2 heterocycles. The number of amides is 1. The lowest BCUT2D eigenvalue weighted by Crippen LogP contribution is -2.19. The lowest BCUT2D eigenvalue weighted by molar-refractivity contribution is 0.0995. The topological polar surface area (TPSA) is 52.8 Å². The van der Waals surface area contributed by atoms with Crippen LogP contribution in [0.1, 0.15) is 17.3 Å². The maximum absolute atomic E-state index is 13.0. The summed E-state index contributed by atoms with van der Waals surface area (Å²) in [7, 11) is 0. The van der Waals surface area contributed by atoms with E-state index in [1.54, 1.807) is 23.5 Å². The molecule has 8 heteroatoms. The average molecular weight is 447 g/mol. The van der Waals surface area contributed by atoms with Crippen LogP contribution in [-0.4, -0.2) is 41.4 Å². The summed E-state index contributed by atoms with van der Waals surface area (Å²) in [6.45, 7) is 3.96. The van der Waals surface area contributed by atoms with Crippen molar-refractivity contribution in [2.45, 2.75) is 18.4 Å². The Bertz CT molecular complexity index is 1100. The molecule has 0 atom stereocenters. The molecule has 152 valence electrons. The molecule has 1 aromatic heterocycles. The Kier molecular flexibility index (Phi) is 6.52. The molecular formula is C21H22N2O3S3. The van der Waals surface area contributed by atoms with E-state index in [2.05, 4.69) is 22.7 Å². The van der Waals surface area contributed by atoms with Gasteiger partial charge in [0.1, 0.15) is 13.2 Å². The zero-order valence-corrected chi connectivity index (χ0v) is 18.8. The van der Waals surface area contributed by atoms with Crippen molar-refractivity contribution in [3.63, 3.8) is 0 Å². The second-order valence-corrected chi connectivity index (χ2v) is 9.64. The quantitative estimate of drug-likeness (QED) is 0.514. The van der Waals surface area contributed by atoms with Gasteiger partial charge in [-0.05, 0) is 24.1 Å². The number of ether oxygens (including phenoxy) is 2. The molecule has 5 nitrogen and oxygen atoms in total. The van der Waals surface area contributed by atoms with E-state index in [-0.39, 0.29) is 5.91 Å². The Morgan fingerprint density at radius 3 is 2.72 bits per heavy atom. The predicted octanol–water partition coefficient (Wildman–Crippen LogP) is 4.69. The minimum atomic E-state index is -0.205. The third-order valence-corrected chi connectivity index (χ3v) is 7.07. The molecule has 1 amide bonds. The summed E-state index contributed by atoms with van der Waals surface area (Å²) in [6.07, 6.45) is 2.08. The van der Waals surface area contributed by atoms with Crippen LogP contribution >= 0.6 is 34.9 Å². The summed E-state index contributed by atoms with van der Waals surface area (Å²) in [5.74, 6) is 3.14. The number of thioether (sulfide) groups is 2. The van der Waals surface area contributed by atoms with Crippen molar-refractivity contribution in [3.8, 4) is 11.5 Å². The minimum absolute atomic E-state index is 0.205. The predicted molar refractivity (Wildman–Crippen MR) is 122 cm³/mol. The van der Waals surface area contributed by atoms with Gasteiger partial charge >= 0.3 is 0 Å². The first-order chi connectivity index (χ1) is 14.2. The van der Waals surface area contributed by atoms with E-state index in [4.69, 9.17) is 9.47 Å². The molecule has 0 fully saturated rings. The zero-order chi connectivity index (χ0) is 20.2. The summed E-state index contributed by atoms with van der Waals surface area (Å²) in [5, 5.41) is 0. The number of carbonyl (C=O) groups excluding carboxylic acids is 1. The SMILES string of the molecule is CCSc1ccccc1C(=O)N=c1sc2cc3c(cc2n1CCSC)OCCO3. The van der Waals surface area contributed by atoms with Gasteiger partial charge in [0.15, 0.2) is 16.3 Å². The first-order valence-electron chi connectivity index (χ1n) is 9.44. The van der Waals surface area contributed by atoms with E-state index in [0.717, 1.165) is 44.7 Å². The number of hydrogen-bond donors (Lipinski definition) is 0. The van der Waals surface area contributed by atoms with Gasteiger partial charge in [-0.25, -0.2) is 0 Å². The summed E-state index contributed by atoms with van der Waals surface area (Å²) in [6, 6.07) is 11.7. The number of fused-ring (bicyclic) bond motifs is 2. The van der Waals surface area contributed by atoms with Gasteiger partial charge in [0.25, 0.3) is 5.91 Å². The first-order valence-corrected chi connectivity index (χ1v) is 12.6. The van der Waals surface area contributed by atoms with E-state index < -0.39 is 0 Å². The van der Waals surface area contributed by atoms with Gasteiger partial charge in [-0.1, -0.05) is 30.4 Å². The summed E-state index contributed by atoms with van der Waals surface area (Å²) in [5.41, 5.74) is 1.68. The second-order valence-electron chi connectivity index (χ2n) is 6.34. The standard InChI is InChI=1S/C21H22N2O3S3/c1-3-28-18-7-5-4-6-14(18)20(24)22-21-23(8-11-27-2)15-12-16-17(13-19(15)29-21)26-10-9-25-16/h4-7,12-13H,3,8-11H2,1-2H3. The van der Waals surface area contributed by atoms with Crippen molar-refractivity contribution in [2.24, 2.45) is 4.99 Å². The third kappa shape index (κ3) is 4.34.